The number of aliphatic hydroxyl groups is 1. The van der Waals surface area contributed by atoms with Gasteiger partial charge in [0.2, 0.25) is 5.91 Å². The predicted molar refractivity (Wildman–Crippen MR) is 94.2 cm³/mol. The van der Waals surface area contributed by atoms with Crippen LogP contribution in [-0.4, -0.2) is 66.7 Å². The lowest BCUT2D eigenvalue weighted by atomic mass is 10.1. The molecule has 1 fully saturated rings. The second-order valence-electron chi connectivity index (χ2n) is 6.42. The first-order chi connectivity index (χ1) is 11.4. The lowest BCUT2D eigenvalue weighted by Gasteiger charge is -2.23. The third kappa shape index (κ3) is 4.69. The number of rotatable bonds is 5. The van der Waals surface area contributed by atoms with Crippen LogP contribution in [0.1, 0.15) is 18.4 Å². The molecular weight excluding hydrogens is 308 g/mol. The maximum absolute atomic E-state index is 12.4. The van der Waals surface area contributed by atoms with Crippen molar-refractivity contribution >= 4 is 23.3 Å². The zero-order valence-electron chi connectivity index (χ0n) is 14.5. The summed E-state index contributed by atoms with van der Waals surface area (Å²) in [7, 11) is 3.66. The summed E-state index contributed by atoms with van der Waals surface area (Å²) in [5, 5.41) is 15.0. The maximum Gasteiger partial charge on any atom is 0.322 e. The minimum atomic E-state index is -0.221. The largest absolute Gasteiger partial charge is 0.394 e. The van der Waals surface area contributed by atoms with Crippen LogP contribution in [0.2, 0.25) is 0 Å². The van der Waals surface area contributed by atoms with Crippen LogP contribution in [-0.2, 0) is 4.79 Å². The molecule has 1 aliphatic rings. The van der Waals surface area contributed by atoms with Crippen LogP contribution in [0.3, 0.4) is 0 Å². The van der Waals surface area contributed by atoms with Gasteiger partial charge in [0.1, 0.15) is 0 Å². The number of likely N-dealkylation sites (tertiary alicyclic amines) is 1. The number of hydrogen-bond acceptors (Lipinski definition) is 4. The van der Waals surface area contributed by atoms with Gasteiger partial charge in [0.15, 0.2) is 0 Å². The normalized spacial score (nSPS) is 17.2. The maximum atomic E-state index is 12.4. The van der Waals surface area contributed by atoms with E-state index < -0.39 is 0 Å². The number of amides is 3. The summed E-state index contributed by atoms with van der Waals surface area (Å²) in [6.45, 7) is 2.82. The van der Waals surface area contributed by atoms with Gasteiger partial charge in [-0.3, -0.25) is 4.79 Å². The Labute approximate surface area is 142 Å². The summed E-state index contributed by atoms with van der Waals surface area (Å²) in [6, 6.07) is 5.08. The Morgan fingerprint density at radius 1 is 1.33 bits per heavy atom. The molecular formula is C17H26N4O3. The van der Waals surface area contributed by atoms with Gasteiger partial charge in [0.05, 0.1) is 19.2 Å². The second-order valence-corrected chi connectivity index (χ2v) is 6.42. The number of carbonyl (C=O) groups is 2. The molecule has 1 saturated heterocycles. The molecule has 2 rings (SSSR count). The average molecular weight is 334 g/mol. The first kappa shape index (κ1) is 18.2. The standard InChI is InChI=1S/C17H26N4O3/c1-12-6-7-13(9-15(12)19-16(23)10-20(2)3)18-17(24)21-8-4-5-14(21)11-22/h6-7,9,14,22H,4-5,8,10-11H2,1-3H3,(H,18,24)(H,19,23)/t14-/m0/s1. The third-order valence-corrected chi connectivity index (χ3v) is 4.07. The van der Waals surface area contributed by atoms with Crippen LogP contribution >= 0.6 is 0 Å². The number of nitrogens with zero attached hydrogens (tertiary/aromatic N) is 2. The number of benzene rings is 1. The van der Waals surface area contributed by atoms with E-state index in [4.69, 9.17) is 0 Å². The fourth-order valence-corrected chi connectivity index (χ4v) is 2.80. The SMILES string of the molecule is Cc1ccc(NC(=O)N2CCC[C@H]2CO)cc1NC(=O)CN(C)C. The van der Waals surface area contributed by atoms with E-state index in [0.717, 1.165) is 18.4 Å². The number of aryl methyl sites for hydroxylation is 1. The quantitative estimate of drug-likeness (QED) is 0.761. The van der Waals surface area contributed by atoms with E-state index in [9.17, 15) is 14.7 Å². The molecule has 7 nitrogen and oxygen atoms in total. The number of carbonyl (C=O) groups excluding carboxylic acids is 2. The monoisotopic (exact) mass is 334 g/mol. The highest BCUT2D eigenvalue weighted by Gasteiger charge is 2.28. The number of urea groups is 1. The van der Waals surface area contributed by atoms with Crippen LogP contribution in [0, 0.1) is 6.92 Å². The molecule has 3 N–H and O–H groups in total. The molecule has 7 heteroatoms. The predicted octanol–water partition coefficient (Wildman–Crippen LogP) is 1.48. The first-order valence-corrected chi connectivity index (χ1v) is 8.14. The summed E-state index contributed by atoms with van der Waals surface area (Å²) < 4.78 is 0. The molecule has 0 bridgehead atoms. The number of anilines is 2. The smallest absolute Gasteiger partial charge is 0.322 e. The number of hydrogen-bond donors (Lipinski definition) is 3. The second kappa shape index (κ2) is 8.12. The van der Waals surface area contributed by atoms with Crippen molar-refractivity contribution in [2.45, 2.75) is 25.8 Å². The summed E-state index contributed by atoms with van der Waals surface area (Å²) in [5.74, 6) is -0.105. The molecule has 1 aliphatic heterocycles. The van der Waals surface area contributed by atoms with Crippen molar-refractivity contribution in [1.29, 1.82) is 0 Å². The zero-order valence-corrected chi connectivity index (χ0v) is 14.5. The topological polar surface area (TPSA) is 84.9 Å². The van der Waals surface area contributed by atoms with Gasteiger partial charge in [-0.2, -0.15) is 0 Å². The van der Waals surface area contributed by atoms with Gasteiger partial charge in [0, 0.05) is 17.9 Å². The fraction of sp³-hybridized carbons (Fsp3) is 0.529. The summed E-state index contributed by atoms with van der Waals surface area (Å²) in [6.07, 6.45) is 1.72. The molecule has 0 radical (unpaired) electrons. The zero-order chi connectivity index (χ0) is 17.7. The van der Waals surface area contributed by atoms with Crippen molar-refractivity contribution in [3.05, 3.63) is 23.8 Å². The van der Waals surface area contributed by atoms with E-state index in [-0.39, 0.29) is 24.6 Å². The average Bonchev–Trinajstić information content (AvgIpc) is 2.98. The highest BCUT2D eigenvalue weighted by Crippen LogP contribution is 2.22. The number of likely N-dealkylation sites (N-methyl/N-ethyl adjacent to an activating group) is 1. The van der Waals surface area contributed by atoms with Crippen LogP contribution in [0.15, 0.2) is 18.2 Å². The van der Waals surface area contributed by atoms with Gasteiger partial charge in [-0.25, -0.2) is 4.79 Å². The van der Waals surface area contributed by atoms with Crippen LogP contribution in [0.4, 0.5) is 16.2 Å². The molecule has 0 aliphatic carbocycles. The molecule has 24 heavy (non-hydrogen) atoms. The summed E-state index contributed by atoms with van der Waals surface area (Å²) in [4.78, 5) is 27.7. The molecule has 3 amide bonds. The summed E-state index contributed by atoms with van der Waals surface area (Å²) in [5.41, 5.74) is 2.23. The lowest BCUT2D eigenvalue weighted by molar-refractivity contribution is -0.116. The van der Waals surface area contributed by atoms with Crippen molar-refractivity contribution in [1.82, 2.24) is 9.80 Å². The lowest BCUT2D eigenvalue weighted by Crippen LogP contribution is -2.40. The van der Waals surface area contributed by atoms with Gasteiger partial charge in [-0.1, -0.05) is 6.07 Å². The Balaban J connectivity index is 2.04. The molecule has 1 aromatic rings. The molecule has 0 unspecified atom stereocenters. The van der Waals surface area contributed by atoms with Gasteiger partial charge in [0.25, 0.3) is 0 Å². The molecule has 0 aromatic heterocycles. The molecule has 1 heterocycles. The van der Waals surface area contributed by atoms with Gasteiger partial charge in [-0.15, -0.1) is 0 Å². The van der Waals surface area contributed by atoms with Crippen molar-refractivity contribution < 1.29 is 14.7 Å². The minimum absolute atomic E-state index is 0.0207. The first-order valence-electron chi connectivity index (χ1n) is 8.14. The van der Waals surface area contributed by atoms with Crippen molar-refractivity contribution in [3.8, 4) is 0 Å². The number of aliphatic hydroxyl groups excluding tert-OH is 1. The molecule has 132 valence electrons. The van der Waals surface area contributed by atoms with Crippen LogP contribution in [0.5, 0.6) is 0 Å². The van der Waals surface area contributed by atoms with Gasteiger partial charge in [-0.05, 0) is 51.6 Å². The Morgan fingerprint density at radius 3 is 2.75 bits per heavy atom. The minimum Gasteiger partial charge on any atom is -0.394 e. The fourth-order valence-electron chi connectivity index (χ4n) is 2.80. The van der Waals surface area contributed by atoms with Crippen LogP contribution < -0.4 is 10.6 Å². The van der Waals surface area contributed by atoms with Gasteiger partial charge < -0.3 is 25.5 Å². The summed E-state index contributed by atoms with van der Waals surface area (Å²) >= 11 is 0. The Hall–Kier alpha value is -2.12. The Morgan fingerprint density at radius 2 is 2.08 bits per heavy atom. The van der Waals surface area contributed by atoms with E-state index >= 15 is 0 Å². The van der Waals surface area contributed by atoms with E-state index in [1.807, 2.05) is 27.1 Å². The van der Waals surface area contributed by atoms with Crippen LogP contribution in [0.25, 0.3) is 0 Å². The molecule has 1 aromatic carbocycles. The van der Waals surface area contributed by atoms with Crippen molar-refractivity contribution in [2.24, 2.45) is 0 Å². The van der Waals surface area contributed by atoms with E-state index in [0.29, 0.717) is 24.5 Å². The Kier molecular flexibility index (Phi) is 6.16. The Bertz CT molecular complexity index is 603. The van der Waals surface area contributed by atoms with Crippen molar-refractivity contribution in [2.75, 3.05) is 44.4 Å². The van der Waals surface area contributed by atoms with E-state index in [1.54, 1.807) is 21.9 Å². The highest BCUT2D eigenvalue weighted by molar-refractivity contribution is 5.95. The molecule has 0 spiro atoms. The molecule has 1 atom stereocenters. The third-order valence-electron chi connectivity index (χ3n) is 4.07. The van der Waals surface area contributed by atoms with Gasteiger partial charge >= 0.3 is 6.03 Å². The highest BCUT2D eigenvalue weighted by atomic mass is 16.3. The van der Waals surface area contributed by atoms with E-state index in [2.05, 4.69) is 10.6 Å². The number of nitrogens with one attached hydrogen (secondary N) is 2. The van der Waals surface area contributed by atoms with Crippen molar-refractivity contribution in [3.63, 3.8) is 0 Å². The molecule has 0 saturated carbocycles. The van der Waals surface area contributed by atoms with E-state index in [1.165, 1.54) is 0 Å².